The summed E-state index contributed by atoms with van der Waals surface area (Å²) in [6.07, 6.45) is -2.10. The number of benzene rings is 1. The molecular formula is C24H21F4N5O3. The Hall–Kier alpha value is -3.96. The lowest BCUT2D eigenvalue weighted by Gasteiger charge is -2.43. The summed E-state index contributed by atoms with van der Waals surface area (Å²) in [5.74, 6) is -1.55. The van der Waals surface area contributed by atoms with Crippen molar-refractivity contribution in [1.29, 1.82) is 0 Å². The number of nitrogens with zero attached hydrogens (tertiary/aromatic N) is 4. The minimum atomic E-state index is -2.79. The summed E-state index contributed by atoms with van der Waals surface area (Å²) in [5.41, 5.74) is -0.669. The largest absolute Gasteiger partial charge is 0.493 e. The molecule has 1 aromatic carbocycles. The highest BCUT2D eigenvalue weighted by Gasteiger charge is 2.56. The Morgan fingerprint density at radius 3 is 2.81 bits per heavy atom. The molecule has 0 bridgehead atoms. The van der Waals surface area contributed by atoms with Gasteiger partial charge in [-0.25, -0.2) is 22.5 Å². The van der Waals surface area contributed by atoms with Gasteiger partial charge in [0.15, 0.2) is 29.5 Å². The van der Waals surface area contributed by atoms with Crippen molar-refractivity contribution in [3.8, 4) is 22.9 Å². The maximum Gasteiger partial charge on any atom is 0.263 e. The second kappa shape index (κ2) is 8.92. The number of para-hydroxylation sites is 1. The number of hydrogen-bond donors (Lipinski definition) is 1. The maximum atomic E-state index is 14.7. The van der Waals surface area contributed by atoms with E-state index in [1.807, 2.05) is 0 Å². The minimum Gasteiger partial charge on any atom is -0.493 e. The molecular weight excluding hydrogens is 482 g/mol. The van der Waals surface area contributed by atoms with Crippen molar-refractivity contribution in [2.45, 2.75) is 31.4 Å². The molecule has 0 saturated carbocycles. The van der Waals surface area contributed by atoms with Gasteiger partial charge >= 0.3 is 0 Å². The summed E-state index contributed by atoms with van der Waals surface area (Å²) in [4.78, 5) is 16.4. The molecule has 1 N–H and O–H groups in total. The molecule has 0 spiro atoms. The van der Waals surface area contributed by atoms with Gasteiger partial charge in [-0.1, -0.05) is 6.07 Å². The molecule has 8 nitrogen and oxygen atoms in total. The molecule has 1 saturated heterocycles. The van der Waals surface area contributed by atoms with E-state index in [1.54, 1.807) is 6.07 Å². The van der Waals surface area contributed by atoms with Gasteiger partial charge in [-0.05, 0) is 25.1 Å². The molecule has 0 amide bonds. The van der Waals surface area contributed by atoms with Crippen LogP contribution in [0.1, 0.15) is 22.3 Å². The molecule has 0 unspecified atom stereocenters. The SMILES string of the molecule is COc1c(F)cccc1-c1cc2c(nn1)NC[C@]1(C(F)F)C[C@@H](Oc3ncc(C=O)c(C)c3F)CN21. The van der Waals surface area contributed by atoms with Crippen LogP contribution in [0.3, 0.4) is 0 Å². The Kier molecular flexibility index (Phi) is 5.89. The second-order valence-corrected chi connectivity index (χ2v) is 8.67. The summed E-state index contributed by atoms with van der Waals surface area (Å²) in [6, 6.07) is 5.84. The van der Waals surface area contributed by atoms with Crippen molar-refractivity contribution in [2.24, 2.45) is 0 Å². The molecule has 0 radical (unpaired) electrons. The number of aromatic nitrogens is 3. The minimum absolute atomic E-state index is 0.0139. The number of methoxy groups -OCH3 is 1. The van der Waals surface area contributed by atoms with Crippen LogP contribution >= 0.6 is 0 Å². The molecule has 36 heavy (non-hydrogen) atoms. The lowest BCUT2D eigenvalue weighted by atomic mass is 9.93. The van der Waals surface area contributed by atoms with Gasteiger partial charge in [0.05, 0.1) is 25.0 Å². The van der Waals surface area contributed by atoms with E-state index >= 15 is 0 Å². The maximum absolute atomic E-state index is 14.7. The third-order valence-electron chi connectivity index (χ3n) is 6.66. The first-order chi connectivity index (χ1) is 17.3. The van der Waals surface area contributed by atoms with E-state index in [0.717, 1.165) is 0 Å². The van der Waals surface area contributed by atoms with Crippen molar-refractivity contribution >= 4 is 17.8 Å². The van der Waals surface area contributed by atoms with Crippen LogP contribution in [0.2, 0.25) is 0 Å². The smallest absolute Gasteiger partial charge is 0.263 e. The number of carbonyl (C=O) groups is 1. The highest BCUT2D eigenvalue weighted by molar-refractivity contribution is 5.78. The number of fused-ring (bicyclic) bond motifs is 3. The Bertz CT molecular complexity index is 1340. The van der Waals surface area contributed by atoms with Crippen molar-refractivity contribution in [3.05, 3.63) is 53.2 Å². The third kappa shape index (κ3) is 3.67. The highest BCUT2D eigenvalue weighted by Crippen LogP contribution is 2.46. The first-order valence-corrected chi connectivity index (χ1v) is 11.1. The Morgan fingerprint density at radius 1 is 1.28 bits per heavy atom. The average Bonchev–Trinajstić information content (AvgIpc) is 3.27. The second-order valence-electron chi connectivity index (χ2n) is 8.67. The van der Waals surface area contributed by atoms with Gasteiger partial charge in [0.1, 0.15) is 11.6 Å². The number of nitrogens with one attached hydrogen (secondary N) is 1. The number of aldehydes is 1. The Morgan fingerprint density at radius 2 is 2.08 bits per heavy atom. The summed E-state index contributed by atoms with van der Waals surface area (Å²) in [7, 11) is 1.32. The molecule has 2 atom stereocenters. The van der Waals surface area contributed by atoms with Crippen LogP contribution in [-0.4, -0.2) is 59.7 Å². The van der Waals surface area contributed by atoms with E-state index in [0.29, 0.717) is 17.5 Å². The van der Waals surface area contributed by atoms with Crippen molar-refractivity contribution in [2.75, 3.05) is 30.4 Å². The van der Waals surface area contributed by atoms with Crippen LogP contribution in [0.15, 0.2) is 30.5 Å². The van der Waals surface area contributed by atoms with E-state index in [9.17, 15) is 22.4 Å². The van der Waals surface area contributed by atoms with Crippen molar-refractivity contribution in [1.82, 2.24) is 15.2 Å². The predicted octanol–water partition coefficient (Wildman–Crippen LogP) is 4.03. The fourth-order valence-electron chi connectivity index (χ4n) is 4.75. The first kappa shape index (κ1) is 23.8. The van der Waals surface area contributed by atoms with Gasteiger partial charge < -0.3 is 19.7 Å². The molecule has 4 heterocycles. The quantitative estimate of drug-likeness (QED) is 0.399. The summed E-state index contributed by atoms with van der Waals surface area (Å²) in [5, 5.41) is 11.2. The standard InChI is InChI=1S/C24H21F4N5O3/c1-12-13(10-34)8-29-22(19(12)26)36-14-7-24(23(27)28)11-30-21-18(33(24)9-14)6-17(31-32-21)15-4-3-5-16(25)20(15)35-2/h3-6,8,10,14,23H,7,9,11H2,1-2H3,(H,30,32)/t14-,24+/m1/s1. The van der Waals surface area contributed by atoms with E-state index < -0.39 is 29.7 Å². The van der Waals surface area contributed by atoms with Gasteiger partial charge in [-0.3, -0.25) is 4.79 Å². The molecule has 188 valence electrons. The zero-order valence-electron chi connectivity index (χ0n) is 19.3. The first-order valence-electron chi connectivity index (χ1n) is 11.1. The van der Waals surface area contributed by atoms with Gasteiger partial charge in [-0.15, -0.1) is 10.2 Å². The zero-order valence-corrected chi connectivity index (χ0v) is 19.3. The number of ether oxygens (including phenoxy) is 2. The van der Waals surface area contributed by atoms with E-state index in [1.165, 1.54) is 43.3 Å². The number of alkyl halides is 2. The lowest BCUT2D eigenvalue weighted by Crippen LogP contribution is -2.57. The van der Waals surface area contributed by atoms with Gasteiger partial charge in [-0.2, -0.15) is 0 Å². The summed E-state index contributed by atoms with van der Waals surface area (Å²) >= 11 is 0. The molecule has 12 heteroatoms. The summed E-state index contributed by atoms with van der Waals surface area (Å²) < 4.78 is 69.0. The fraction of sp³-hybridized carbons (Fsp3) is 0.333. The van der Waals surface area contributed by atoms with Crippen LogP contribution in [0.5, 0.6) is 11.6 Å². The van der Waals surface area contributed by atoms with Crippen LogP contribution in [0.25, 0.3) is 11.3 Å². The van der Waals surface area contributed by atoms with Crippen LogP contribution < -0.4 is 19.7 Å². The number of anilines is 2. The molecule has 1 fully saturated rings. The number of hydrogen-bond acceptors (Lipinski definition) is 8. The zero-order chi connectivity index (χ0) is 25.6. The van der Waals surface area contributed by atoms with Crippen molar-refractivity contribution in [3.63, 3.8) is 0 Å². The number of rotatable bonds is 6. The number of halogens is 4. The fourth-order valence-corrected chi connectivity index (χ4v) is 4.75. The van der Waals surface area contributed by atoms with Gasteiger partial charge in [0.2, 0.25) is 0 Å². The molecule has 3 aromatic rings. The van der Waals surface area contributed by atoms with Gasteiger partial charge in [0, 0.05) is 35.9 Å². The molecule has 2 aliphatic rings. The van der Waals surface area contributed by atoms with Crippen LogP contribution in [0, 0.1) is 18.6 Å². The van der Waals surface area contributed by atoms with Crippen molar-refractivity contribution < 1.29 is 31.8 Å². The molecule has 2 aliphatic heterocycles. The van der Waals surface area contributed by atoms with E-state index in [4.69, 9.17) is 9.47 Å². The number of pyridine rings is 1. The molecule has 0 aliphatic carbocycles. The lowest BCUT2D eigenvalue weighted by molar-refractivity contribution is 0.0525. The average molecular weight is 503 g/mol. The monoisotopic (exact) mass is 503 g/mol. The van der Waals surface area contributed by atoms with E-state index in [2.05, 4.69) is 20.5 Å². The Labute approximate surface area is 203 Å². The normalized spacial score (nSPS) is 20.5. The third-order valence-corrected chi connectivity index (χ3v) is 6.66. The molecule has 2 aromatic heterocycles. The topological polar surface area (TPSA) is 89.5 Å². The highest BCUT2D eigenvalue weighted by atomic mass is 19.3. The van der Waals surface area contributed by atoms with Crippen LogP contribution in [-0.2, 0) is 0 Å². The molecule has 5 rings (SSSR count). The van der Waals surface area contributed by atoms with E-state index in [-0.39, 0.29) is 53.8 Å². The summed E-state index contributed by atoms with van der Waals surface area (Å²) in [6.45, 7) is 1.25. The van der Waals surface area contributed by atoms with Crippen LogP contribution in [0.4, 0.5) is 29.1 Å². The number of carbonyl (C=O) groups excluding carboxylic acids is 1. The van der Waals surface area contributed by atoms with Gasteiger partial charge in [0.25, 0.3) is 12.3 Å². The Balaban J connectivity index is 1.52. The predicted molar refractivity (Wildman–Crippen MR) is 122 cm³/mol.